The van der Waals surface area contributed by atoms with Gasteiger partial charge in [0.15, 0.2) is 11.5 Å². The lowest BCUT2D eigenvalue weighted by Gasteiger charge is -2.20. The van der Waals surface area contributed by atoms with Crippen molar-refractivity contribution >= 4 is 46.5 Å². The number of carbonyl (C=O) groups is 3. The predicted octanol–water partition coefficient (Wildman–Crippen LogP) is -1.40. The molecule has 1 aromatic carbocycles. The first kappa shape index (κ1) is 26.5. The number of anilines is 3. The number of benzene rings is 1. The number of carbonyl (C=O) groups excluding carboxylic acids is 2. The smallest absolute Gasteiger partial charge is 0.303 e. The first-order valence-electron chi connectivity index (χ1n) is 9.91. The Balaban J connectivity index is 0.00000432. The summed E-state index contributed by atoms with van der Waals surface area (Å²) < 4.78 is 0. The summed E-state index contributed by atoms with van der Waals surface area (Å²) in [6, 6.07) is 4.65. The number of hydrogen-bond donors (Lipinski definition) is 6. The Hall–Kier alpha value is -4.79. The molecular formula is C20H25N9O6. The number of nitrogen functional groups attached to an aromatic ring is 2. The summed E-state index contributed by atoms with van der Waals surface area (Å²) in [5.74, 6) is -3.53. The number of nitrogens with zero attached hydrogens (tertiary/aromatic N) is 4. The number of aliphatic carboxylic acids is 2. The van der Waals surface area contributed by atoms with Crippen LogP contribution in [0.1, 0.15) is 28.9 Å². The van der Waals surface area contributed by atoms with Crippen molar-refractivity contribution in [2.24, 2.45) is 0 Å². The zero-order valence-electron chi connectivity index (χ0n) is 18.9. The third kappa shape index (κ3) is 6.38. The predicted molar refractivity (Wildman–Crippen MR) is 124 cm³/mol. The number of rotatable bonds is 9. The van der Waals surface area contributed by atoms with Gasteiger partial charge in [-0.2, -0.15) is 9.97 Å². The van der Waals surface area contributed by atoms with Crippen molar-refractivity contribution in [3.05, 3.63) is 45.9 Å². The van der Waals surface area contributed by atoms with Gasteiger partial charge in [-0.25, -0.2) is 4.98 Å². The van der Waals surface area contributed by atoms with Gasteiger partial charge >= 0.3 is 5.97 Å². The fourth-order valence-corrected chi connectivity index (χ4v) is 3.10. The largest absolute Gasteiger partial charge is 0.548 e. The van der Waals surface area contributed by atoms with Gasteiger partial charge in [0.25, 0.3) is 11.5 Å². The molecule has 0 radical (unpaired) electrons. The van der Waals surface area contributed by atoms with Crippen LogP contribution in [-0.2, 0) is 16.1 Å². The Kier molecular flexibility index (Phi) is 8.23. The number of H-pyrrole nitrogens is 1. The molecule has 3 aromatic rings. The van der Waals surface area contributed by atoms with E-state index in [2.05, 4.69) is 25.3 Å². The van der Waals surface area contributed by atoms with Crippen molar-refractivity contribution in [3.63, 3.8) is 0 Å². The first-order chi connectivity index (χ1) is 16.0. The molecule has 11 N–H and O–H groups in total. The Morgan fingerprint density at radius 2 is 1.83 bits per heavy atom. The maximum absolute atomic E-state index is 12.4. The van der Waals surface area contributed by atoms with Crippen molar-refractivity contribution in [3.8, 4) is 0 Å². The number of quaternary nitrogens is 1. The topological polar surface area (TPSA) is 270 Å². The maximum Gasteiger partial charge on any atom is 0.303 e. The zero-order chi connectivity index (χ0) is 25.0. The minimum Gasteiger partial charge on any atom is -0.548 e. The molecule has 0 aliphatic carbocycles. The summed E-state index contributed by atoms with van der Waals surface area (Å²) in [7, 11) is 1.70. The number of hydrogen-bond acceptors (Lipinski definition) is 11. The third-order valence-electron chi connectivity index (χ3n) is 4.86. The van der Waals surface area contributed by atoms with Gasteiger partial charge in [-0.1, -0.05) is 0 Å². The lowest BCUT2D eigenvalue weighted by atomic mass is 10.1. The quantitative estimate of drug-likeness (QED) is 0.203. The fourth-order valence-electron chi connectivity index (χ4n) is 3.10. The van der Waals surface area contributed by atoms with Crippen molar-refractivity contribution < 1.29 is 24.6 Å². The van der Waals surface area contributed by atoms with E-state index in [4.69, 9.17) is 16.6 Å². The number of amides is 1. The van der Waals surface area contributed by atoms with Crippen molar-refractivity contribution in [2.45, 2.75) is 25.4 Å². The molecule has 3 rings (SSSR count). The van der Waals surface area contributed by atoms with Gasteiger partial charge in [0.1, 0.15) is 11.2 Å². The Morgan fingerprint density at radius 3 is 2.43 bits per heavy atom. The molecule has 1 amide bonds. The fraction of sp³-hybridized carbons (Fsp3) is 0.250. The third-order valence-corrected chi connectivity index (χ3v) is 4.86. The zero-order valence-corrected chi connectivity index (χ0v) is 18.9. The van der Waals surface area contributed by atoms with Crippen LogP contribution in [0.3, 0.4) is 0 Å². The van der Waals surface area contributed by atoms with Crippen LogP contribution in [0.2, 0.25) is 0 Å². The van der Waals surface area contributed by atoms with E-state index in [9.17, 15) is 24.3 Å². The Morgan fingerprint density at radius 1 is 1.17 bits per heavy atom. The van der Waals surface area contributed by atoms with Gasteiger partial charge in [0.2, 0.25) is 5.95 Å². The number of aromatic amines is 1. The molecule has 0 saturated carbocycles. The highest BCUT2D eigenvalue weighted by Crippen LogP contribution is 2.17. The van der Waals surface area contributed by atoms with E-state index in [-0.39, 0.29) is 53.3 Å². The monoisotopic (exact) mass is 487 g/mol. The average Bonchev–Trinajstić information content (AvgIpc) is 2.77. The van der Waals surface area contributed by atoms with Gasteiger partial charge in [-0.05, 0) is 30.7 Å². The standard InChI is InChI=1S/C20H22N8O6.H3N/c1-28(8-12-18(32)26-16-14(23-12)15(21)25-20(22)27-16)10-4-2-9(3-5-10)17(31)24-11(19(33)34)6-7-13(29)30;/h2-5,11H,6-8H2,1H3,(H,24,31)(H,29,30)(H,33,34)(H5,21,22,25,26,27,32);1H3/t11-;/m0./s1. The molecule has 2 aromatic heterocycles. The van der Waals surface area contributed by atoms with E-state index < -0.39 is 35.9 Å². The molecule has 1 atom stereocenters. The summed E-state index contributed by atoms with van der Waals surface area (Å²) in [5, 5.41) is 22.1. The summed E-state index contributed by atoms with van der Waals surface area (Å²) >= 11 is 0. The second kappa shape index (κ2) is 10.9. The van der Waals surface area contributed by atoms with E-state index in [0.717, 1.165) is 0 Å². The highest BCUT2D eigenvalue weighted by molar-refractivity contribution is 5.96. The van der Waals surface area contributed by atoms with Gasteiger partial charge in [-0.3, -0.25) is 14.4 Å². The van der Waals surface area contributed by atoms with Crippen LogP contribution in [0.25, 0.3) is 11.2 Å². The van der Waals surface area contributed by atoms with Crippen molar-refractivity contribution in [2.75, 3.05) is 23.4 Å². The highest BCUT2D eigenvalue weighted by Gasteiger charge is 2.17. The van der Waals surface area contributed by atoms with Crippen molar-refractivity contribution in [1.29, 1.82) is 0 Å². The summed E-state index contributed by atoms with van der Waals surface area (Å²) in [5.41, 5.74) is 12.1. The van der Waals surface area contributed by atoms with E-state index in [1.165, 1.54) is 12.1 Å². The van der Waals surface area contributed by atoms with Gasteiger partial charge < -0.3 is 47.8 Å². The number of carboxylic acids is 2. The molecule has 0 spiro atoms. The molecule has 15 nitrogen and oxygen atoms in total. The van der Waals surface area contributed by atoms with Crippen LogP contribution in [0.5, 0.6) is 0 Å². The Labute approximate surface area is 197 Å². The number of aromatic nitrogens is 4. The van der Waals surface area contributed by atoms with E-state index >= 15 is 0 Å². The normalized spacial score (nSPS) is 11.3. The number of nitrogens with two attached hydrogens (primary N) is 2. The molecule has 35 heavy (non-hydrogen) atoms. The highest BCUT2D eigenvalue weighted by atomic mass is 16.4. The maximum atomic E-state index is 12.4. The molecule has 0 fully saturated rings. The van der Waals surface area contributed by atoms with Crippen LogP contribution >= 0.6 is 0 Å². The molecule has 0 saturated heterocycles. The lowest BCUT2D eigenvalue weighted by Crippen LogP contribution is -2.48. The molecule has 2 heterocycles. The van der Waals surface area contributed by atoms with Crippen LogP contribution < -0.4 is 38.5 Å². The van der Waals surface area contributed by atoms with Crippen LogP contribution in [0, 0.1) is 0 Å². The molecular weight excluding hydrogens is 462 g/mol. The van der Waals surface area contributed by atoms with E-state index in [0.29, 0.717) is 5.69 Å². The number of fused-ring (bicyclic) bond motifs is 1. The van der Waals surface area contributed by atoms with Crippen LogP contribution in [0.4, 0.5) is 17.5 Å². The summed E-state index contributed by atoms with van der Waals surface area (Å²) in [6.07, 6.45) is -0.741. The molecule has 186 valence electrons. The number of carboxylic acid groups (broad SMARTS) is 2. The lowest BCUT2D eigenvalue weighted by molar-refractivity contribution is -0.308. The molecule has 0 aliphatic heterocycles. The first-order valence-corrected chi connectivity index (χ1v) is 9.91. The second-order valence-electron chi connectivity index (χ2n) is 7.36. The average molecular weight is 487 g/mol. The van der Waals surface area contributed by atoms with Gasteiger partial charge in [0.05, 0.1) is 18.6 Å². The van der Waals surface area contributed by atoms with Gasteiger partial charge in [0, 0.05) is 24.7 Å². The molecule has 15 heteroatoms. The molecule has 0 unspecified atom stereocenters. The summed E-state index contributed by atoms with van der Waals surface area (Å²) in [6.45, 7) is 0.0859. The van der Waals surface area contributed by atoms with Crippen molar-refractivity contribution in [1.82, 2.24) is 31.4 Å². The molecule has 0 bridgehead atoms. The van der Waals surface area contributed by atoms with E-state index in [1.807, 2.05) is 0 Å². The summed E-state index contributed by atoms with van der Waals surface area (Å²) in [4.78, 5) is 62.8. The molecule has 0 aliphatic rings. The second-order valence-corrected chi connectivity index (χ2v) is 7.36. The number of nitrogens with one attached hydrogen (secondary N) is 2. The van der Waals surface area contributed by atoms with Gasteiger partial charge in [-0.15, -0.1) is 0 Å². The minimum absolute atomic E-state index is 0. The SMILES string of the molecule is CN(Cc1nc2c(N)nc(N)nc2[nH]c1=O)c1ccc(C(=O)N[C@@H](CCC(=O)O)C(=O)[O-])cc1.[NH4+]. The van der Waals surface area contributed by atoms with Crippen LogP contribution in [-0.4, -0.2) is 56.0 Å². The van der Waals surface area contributed by atoms with Crippen LogP contribution in [0.15, 0.2) is 29.1 Å². The van der Waals surface area contributed by atoms with E-state index in [1.54, 1.807) is 24.1 Å². The minimum atomic E-state index is -1.58. The Bertz CT molecular complexity index is 1310.